The molecule has 0 amide bonds. The van der Waals surface area contributed by atoms with E-state index in [1.807, 2.05) is 4.90 Å². The molecule has 6 heteroatoms. The van der Waals surface area contributed by atoms with Crippen LogP contribution in [0.15, 0.2) is 18.2 Å². The predicted molar refractivity (Wildman–Crippen MR) is 76.5 cm³/mol. The molecule has 0 atom stereocenters. The van der Waals surface area contributed by atoms with Gasteiger partial charge in [0.05, 0.1) is 16.7 Å². The largest absolute Gasteiger partial charge is 0.369 e. The SMILES string of the molecule is CCNCC1CCN(c2ccc([N+](=O)[O-])cc2F)CC1. The molecule has 1 aliphatic heterocycles. The summed E-state index contributed by atoms with van der Waals surface area (Å²) >= 11 is 0. The van der Waals surface area contributed by atoms with E-state index in [9.17, 15) is 14.5 Å². The topological polar surface area (TPSA) is 58.4 Å². The summed E-state index contributed by atoms with van der Waals surface area (Å²) in [7, 11) is 0. The molecule has 0 radical (unpaired) electrons. The Kier molecular flexibility index (Phi) is 4.89. The molecule has 1 heterocycles. The summed E-state index contributed by atoms with van der Waals surface area (Å²) in [6.45, 7) is 5.65. The standard InChI is InChI=1S/C14H20FN3O2/c1-2-16-10-11-5-7-17(8-6-11)14-4-3-12(18(19)20)9-13(14)15/h3-4,9,11,16H,2,5-8,10H2,1H3. The van der Waals surface area contributed by atoms with Gasteiger partial charge in [-0.3, -0.25) is 10.1 Å². The Morgan fingerprint density at radius 2 is 2.15 bits per heavy atom. The maximum absolute atomic E-state index is 13.9. The molecule has 1 aromatic carbocycles. The van der Waals surface area contributed by atoms with Gasteiger partial charge in [-0.05, 0) is 37.9 Å². The van der Waals surface area contributed by atoms with Crippen LogP contribution in [0, 0.1) is 21.8 Å². The second-order valence-electron chi connectivity index (χ2n) is 5.13. The molecule has 110 valence electrons. The number of non-ortho nitro benzene ring substituents is 1. The number of nitro benzene ring substituents is 1. The minimum Gasteiger partial charge on any atom is -0.369 e. The molecular formula is C14H20FN3O2. The van der Waals surface area contributed by atoms with E-state index in [4.69, 9.17) is 0 Å². The van der Waals surface area contributed by atoms with Gasteiger partial charge in [0.2, 0.25) is 0 Å². The third-order valence-corrected chi connectivity index (χ3v) is 3.78. The van der Waals surface area contributed by atoms with E-state index in [-0.39, 0.29) is 5.69 Å². The fraction of sp³-hybridized carbons (Fsp3) is 0.571. The predicted octanol–water partition coefficient (Wildman–Crippen LogP) is 2.56. The van der Waals surface area contributed by atoms with Crippen molar-refractivity contribution in [1.82, 2.24) is 5.32 Å². The smallest absolute Gasteiger partial charge is 0.272 e. The summed E-state index contributed by atoms with van der Waals surface area (Å²) in [4.78, 5) is 12.0. The van der Waals surface area contributed by atoms with Crippen molar-refractivity contribution in [1.29, 1.82) is 0 Å². The zero-order valence-corrected chi connectivity index (χ0v) is 11.6. The maximum atomic E-state index is 13.9. The fourth-order valence-corrected chi connectivity index (χ4v) is 2.59. The minimum atomic E-state index is -0.574. The van der Waals surface area contributed by atoms with Gasteiger partial charge in [0.25, 0.3) is 5.69 Å². The van der Waals surface area contributed by atoms with Crippen LogP contribution in [0.3, 0.4) is 0 Å². The first kappa shape index (κ1) is 14.7. The van der Waals surface area contributed by atoms with Gasteiger partial charge in [-0.2, -0.15) is 0 Å². The van der Waals surface area contributed by atoms with Gasteiger partial charge in [-0.25, -0.2) is 4.39 Å². The number of nitro groups is 1. The molecule has 1 fully saturated rings. The van der Waals surface area contributed by atoms with E-state index >= 15 is 0 Å². The van der Waals surface area contributed by atoms with Crippen molar-refractivity contribution in [3.8, 4) is 0 Å². The van der Waals surface area contributed by atoms with E-state index in [0.717, 1.165) is 45.1 Å². The molecular weight excluding hydrogens is 261 g/mol. The van der Waals surface area contributed by atoms with Crippen molar-refractivity contribution in [3.63, 3.8) is 0 Å². The number of hydrogen-bond acceptors (Lipinski definition) is 4. The number of anilines is 1. The molecule has 0 saturated carbocycles. The lowest BCUT2D eigenvalue weighted by molar-refractivity contribution is -0.385. The summed E-state index contributed by atoms with van der Waals surface area (Å²) in [5, 5.41) is 13.9. The highest BCUT2D eigenvalue weighted by atomic mass is 19.1. The molecule has 2 rings (SSSR count). The average molecular weight is 281 g/mol. The van der Waals surface area contributed by atoms with E-state index in [2.05, 4.69) is 12.2 Å². The Morgan fingerprint density at radius 3 is 2.70 bits per heavy atom. The highest BCUT2D eigenvalue weighted by Gasteiger charge is 2.22. The van der Waals surface area contributed by atoms with Crippen LogP contribution in [0.4, 0.5) is 15.8 Å². The number of nitrogens with zero attached hydrogens (tertiary/aromatic N) is 2. The molecule has 5 nitrogen and oxygen atoms in total. The molecule has 0 unspecified atom stereocenters. The second kappa shape index (κ2) is 6.65. The van der Waals surface area contributed by atoms with Gasteiger partial charge < -0.3 is 10.2 Å². The Bertz CT molecular complexity index is 473. The van der Waals surface area contributed by atoms with Crippen LogP contribution in [-0.2, 0) is 0 Å². The molecule has 20 heavy (non-hydrogen) atoms. The van der Waals surface area contributed by atoms with Crippen molar-refractivity contribution in [2.45, 2.75) is 19.8 Å². The van der Waals surface area contributed by atoms with E-state index in [0.29, 0.717) is 11.6 Å². The molecule has 0 spiro atoms. The van der Waals surface area contributed by atoms with Gasteiger partial charge in [0.15, 0.2) is 5.82 Å². The average Bonchev–Trinajstić information content (AvgIpc) is 2.45. The van der Waals surface area contributed by atoms with Crippen molar-refractivity contribution in [3.05, 3.63) is 34.1 Å². The Hall–Kier alpha value is -1.69. The first-order valence-electron chi connectivity index (χ1n) is 7.01. The number of benzene rings is 1. The zero-order chi connectivity index (χ0) is 14.5. The second-order valence-corrected chi connectivity index (χ2v) is 5.13. The van der Waals surface area contributed by atoms with Gasteiger partial charge in [0.1, 0.15) is 0 Å². The number of rotatable bonds is 5. The van der Waals surface area contributed by atoms with Gasteiger partial charge in [-0.15, -0.1) is 0 Å². The third-order valence-electron chi connectivity index (χ3n) is 3.78. The van der Waals surface area contributed by atoms with Crippen molar-refractivity contribution < 1.29 is 9.31 Å². The molecule has 1 aromatic rings. The first-order chi connectivity index (χ1) is 9.61. The Balaban J connectivity index is 1.98. The highest BCUT2D eigenvalue weighted by molar-refractivity contribution is 5.52. The lowest BCUT2D eigenvalue weighted by Crippen LogP contribution is -2.37. The van der Waals surface area contributed by atoms with Crippen LogP contribution in [-0.4, -0.2) is 31.1 Å². The molecule has 0 bridgehead atoms. The summed E-state index contributed by atoms with van der Waals surface area (Å²) in [6.07, 6.45) is 2.03. The monoisotopic (exact) mass is 281 g/mol. The molecule has 0 aliphatic carbocycles. The van der Waals surface area contributed by atoms with E-state index in [1.54, 1.807) is 0 Å². The quantitative estimate of drug-likeness (QED) is 0.665. The molecule has 1 saturated heterocycles. The van der Waals surface area contributed by atoms with Crippen LogP contribution >= 0.6 is 0 Å². The zero-order valence-electron chi connectivity index (χ0n) is 11.6. The Morgan fingerprint density at radius 1 is 1.45 bits per heavy atom. The van der Waals surface area contributed by atoms with E-state index in [1.165, 1.54) is 12.1 Å². The normalized spacial score (nSPS) is 16.4. The molecule has 1 N–H and O–H groups in total. The van der Waals surface area contributed by atoms with Crippen LogP contribution in [0.2, 0.25) is 0 Å². The molecule has 0 aromatic heterocycles. The number of nitrogens with one attached hydrogen (secondary N) is 1. The lowest BCUT2D eigenvalue weighted by Gasteiger charge is -2.33. The number of piperidine rings is 1. The van der Waals surface area contributed by atoms with Gasteiger partial charge in [-0.1, -0.05) is 6.92 Å². The van der Waals surface area contributed by atoms with Crippen LogP contribution in [0.5, 0.6) is 0 Å². The van der Waals surface area contributed by atoms with Gasteiger partial charge >= 0.3 is 0 Å². The number of halogens is 1. The van der Waals surface area contributed by atoms with Crippen LogP contribution in [0.25, 0.3) is 0 Å². The van der Waals surface area contributed by atoms with E-state index < -0.39 is 10.7 Å². The summed E-state index contributed by atoms with van der Waals surface area (Å²) < 4.78 is 13.9. The summed E-state index contributed by atoms with van der Waals surface area (Å²) in [6, 6.07) is 3.88. The highest BCUT2D eigenvalue weighted by Crippen LogP contribution is 2.27. The first-order valence-corrected chi connectivity index (χ1v) is 7.01. The lowest BCUT2D eigenvalue weighted by atomic mass is 9.96. The number of hydrogen-bond donors (Lipinski definition) is 1. The summed E-state index contributed by atoms with van der Waals surface area (Å²) in [5.74, 6) is 0.122. The van der Waals surface area contributed by atoms with Crippen LogP contribution < -0.4 is 10.2 Å². The fourth-order valence-electron chi connectivity index (χ4n) is 2.59. The minimum absolute atomic E-state index is 0.201. The third kappa shape index (κ3) is 3.45. The van der Waals surface area contributed by atoms with Crippen molar-refractivity contribution in [2.75, 3.05) is 31.1 Å². The van der Waals surface area contributed by atoms with Gasteiger partial charge in [0, 0.05) is 19.2 Å². The molecule has 1 aliphatic rings. The Labute approximate surface area is 117 Å². The van der Waals surface area contributed by atoms with Crippen molar-refractivity contribution in [2.24, 2.45) is 5.92 Å². The maximum Gasteiger partial charge on any atom is 0.272 e. The van der Waals surface area contributed by atoms with Crippen molar-refractivity contribution >= 4 is 11.4 Å². The summed E-state index contributed by atoms with van der Waals surface area (Å²) in [5.41, 5.74) is 0.269. The van der Waals surface area contributed by atoms with Crippen LogP contribution in [0.1, 0.15) is 19.8 Å².